The van der Waals surface area contributed by atoms with E-state index in [1.54, 1.807) is 19.1 Å². The summed E-state index contributed by atoms with van der Waals surface area (Å²) in [5.41, 5.74) is 5.52. The molecule has 7 nitrogen and oxygen atoms in total. The predicted octanol–water partition coefficient (Wildman–Crippen LogP) is 4.70. The molecule has 0 unspecified atom stereocenters. The first-order chi connectivity index (χ1) is 17.7. The Bertz CT molecular complexity index is 1540. The summed E-state index contributed by atoms with van der Waals surface area (Å²) in [5.74, 6) is -1.56. The number of allylic oxidation sites excluding steroid dienone is 3. The summed E-state index contributed by atoms with van der Waals surface area (Å²) in [7, 11) is 5.27. The molecule has 5 rings (SSSR count). The predicted molar refractivity (Wildman–Crippen MR) is 143 cm³/mol. The number of carbonyl (C=O) groups excluding carboxylic acids is 2. The minimum atomic E-state index is -0.866. The van der Waals surface area contributed by atoms with Gasteiger partial charge in [-0.2, -0.15) is 0 Å². The number of dihydropyridines is 1. The number of anilines is 1. The third-order valence-corrected chi connectivity index (χ3v) is 7.38. The van der Waals surface area contributed by atoms with Crippen molar-refractivity contribution in [3.63, 3.8) is 0 Å². The van der Waals surface area contributed by atoms with Crippen molar-refractivity contribution in [2.24, 2.45) is 0 Å². The molecule has 2 aromatic carbocycles. The summed E-state index contributed by atoms with van der Waals surface area (Å²) in [6.45, 7) is 3.67. The molecule has 2 heterocycles. The monoisotopic (exact) mass is 498 g/mol. The molecule has 7 heteroatoms. The van der Waals surface area contributed by atoms with Crippen LogP contribution in [-0.2, 0) is 14.3 Å². The van der Waals surface area contributed by atoms with Gasteiger partial charge in [-0.05, 0) is 56.0 Å². The van der Waals surface area contributed by atoms with Crippen LogP contribution in [0.4, 0.5) is 5.69 Å². The van der Waals surface area contributed by atoms with Gasteiger partial charge < -0.3 is 19.4 Å². The minimum absolute atomic E-state index is 0.0150. The van der Waals surface area contributed by atoms with Gasteiger partial charge in [0.05, 0.1) is 30.3 Å². The lowest BCUT2D eigenvalue weighted by atomic mass is 9.72. The summed E-state index contributed by atoms with van der Waals surface area (Å²) in [6, 6.07) is 13.6. The average molecular weight is 499 g/mol. The Morgan fingerprint density at radius 2 is 1.78 bits per heavy atom. The Labute approximate surface area is 215 Å². The molecule has 0 radical (unpaired) electrons. The van der Waals surface area contributed by atoms with Crippen molar-refractivity contribution in [2.75, 3.05) is 26.1 Å². The summed E-state index contributed by atoms with van der Waals surface area (Å²) < 4.78 is 10.9. The molecule has 1 aliphatic heterocycles. The van der Waals surface area contributed by atoms with Gasteiger partial charge in [0, 0.05) is 48.7 Å². The van der Waals surface area contributed by atoms with Gasteiger partial charge in [-0.1, -0.05) is 23.8 Å². The van der Waals surface area contributed by atoms with Crippen LogP contribution in [0.25, 0.3) is 11.0 Å². The third-order valence-electron chi connectivity index (χ3n) is 7.38. The number of hydrogen-bond acceptors (Lipinski definition) is 7. The van der Waals surface area contributed by atoms with Crippen LogP contribution in [0.5, 0.6) is 0 Å². The fourth-order valence-corrected chi connectivity index (χ4v) is 5.47. The second-order valence-electron chi connectivity index (χ2n) is 10.0. The van der Waals surface area contributed by atoms with Crippen LogP contribution in [0.1, 0.15) is 48.3 Å². The molecule has 0 fully saturated rings. The van der Waals surface area contributed by atoms with E-state index in [2.05, 4.69) is 17.4 Å². The molecule has 1 aliphatic carbocycles. The van der Waals surface area contributed by atoms with Crippen LogP contribution in [0.2, 0.25) is 0 Å². The molecule has 1 N–H and O–H groups in total. The SMILES string of the molecule is COC(=O)C1=C(C)NC2=C(C(=O)C[C@@H](c3ccc(N(C)C)cc3)C2)[C@@H]1c1coc2ccc(C)cc2c1=O. The standard InChI is InChI=1S/C30H30N2O5/c1-16-6-11-25-21(12-16)29(34)22(15-37-25)27-26(30(35)36-5)17(2)31-23-13-19(14-24(33)28(23)27)18-7-9-20(10-8-18)32(3)4/h6-12,15,19,27,31H,13-14H2,1-5H3/t19-,27+/m0/s1. The number of ketones is 1. The molecule has 0 spiro atoms. The van der Waals surface area contributed by atoms with E-state index < -0.39 is 11.9 Å². The number of nitrogens with zero attached hydrogens (tertiary/aromatic N) is 1. The number of rotatable bonds is 4. The largest absolute Gasteiger partial charge is 0.466 e. The number of Topliss-reactive ketones (excluding diaryl/α,β-unsaturated/α-hetero) is 1. The van der Waals surface area contributed by atoms with Crippen molar-refractivity contribution in [3.8, 4) is 0 Å². The third kappa shape index (κ3) is 4.24. The molecule has 0 bridgehead atoms. The average Bonchev–Trinajstić information content (AvgIpc) is 2.88. The van der Waals surface area contributed by atoms with Gasteiger partial charge in [0.1, 0.15) is 5.58 Å². The van der Waals surface area contributed by atoms with Gasteiger partial charge >= 0.3 is 5.97 Å². The van der Waals surface area contributed by atoms with E-state index in [1.165, 1.54) is 13.4 Å². The fraction of sp³-hybridized carbons (Fsp3) is 0.300. The first-order valence-corrected chi connectivity index (χ1v) is 12.3. The molecule has 37 heavy (non-hydrogen) atoms. The first kappa shape index (κ1) is 24.6. The minimum Gasteiger partial charge on any atom is -0.466 e. The van der Waals surface area contributed by atoms with Gasteiger partial charge in [-0.25, -0.2) is 4.79 Å². The van der Waals surface area contributed by atoms with E-state index >= 15 is 0 Å². The van der Waals surface area contributed by atoms with Gasteiger partial charge in [-0.15, -0.1) is 0 Å². The summed E-state index contributed by atoms with van der Waals surface area (Å²) in [4.78, 5) is 42.4. The zero-order valence-corrected chi connectivity index (χ0v) is 21.7. The number of carbonyl (C=O) groups is 2. The van der Waals surface area contributed by atoms with Crippen LogP contribution < -0.4 is 15.6 Å². The van der Waals surface area contributed by atoms with E-state index in [4.69, 9.17) is 9.15 Å². The van der Waals surface area contributed by atoms with Crippen LogP contribution in [0.15, 0.2) is 80.5 Å². The second kappa shape index (κ2) is 9.39. The molecule has 0 saturated heterocycles. The smallest absolute Gasteiger partial charge is 0.336 e. The highest BCUT2D eigenvalue weighted by molar-refractivity contribution is 6.04. The van der Waals surface area contributed by atoms with Gasteiger partial charge in [0.25, 0.3) is 0 Å². The second-order valence-corrected chi connectivity index (χ2v) is 10.0. The summed E-state index contributed by atoms with van der Waals surface area (Å²) >= 11 is 0. The zero-order chi connectivity index (χ0) is 26.4. The molecule has 2 atom stereocenters. The zero-order valence-electron chi connectivity index (χ0n) is 21.7. The van der Waals surface area contributed by atoms with Crippen molar-refractivity contribution >= 4 is 28.4 Å². The van der Waals surface area contributed by atoms with Crippen molar-refractivity contribution in [1.29, 1.82) is 0 Å². The van der Waals surface area contributed by atoms with E-state index in [0.717, 1.165) is 22.5 Å². The van der Waals surface area contributed by atoms with Crippen LogP contribution in [-0.4, -0.2) is 33.0 Å². The van der Waals surface area contributed by atoms with Gasteiger partial charge in [0.15, 0.2) is 11.2 Å². The normalized spacial score (nSPS) is 19.5. The fourth-order valence-electron chi connectivity index (χ4n) is 5.47. The number of methoxy groups -OCH3 is 1. The number of aryl methyl sites for hydroxylation is 1. The molecule has 0 amide bonds. The highest BCUT2D eigenvalue weighted by Crippen LogP contribution is 2.45. The van der Waals surface area contributed by atoms with Crippen molar-refractivity contribution in [3.05, 3.63) is 98.2 Å². The number of esters is 1. The van der Waals surface area contributed by atoms with E-state index in [-0.39, 0.29) is 34.7 Å². The van der Waals surface area contributed by atoms with Gasteiger partial charge in [0.2, 0.25) is 0 Å². The van der Waals surface area contributed by atoms with Crippen molar-refractivity contribution < 1.29 is 18.7 Å². The molecular weight excluding hydrogens is 468 g/mol. The van der Waals surface area contributed by atoms with Crippen molar-refractivity contribution in [2.45, 2.75) is 38.5 Å². The number of hydrogen-bond donors (Lipinski definition) is 1. The topological polar surface area (TPSA) is 88.8 Å². The Kier molecular flexibility index (Phi) is 6.23. The Balaban J connectivity index is 1.64. The molecule has 190 valence electrons. The van der Waals surface area contributed by atoms with Gasteiger partial charge in [-0.3, -0.25) is 9.59 Å². The van der Waals surface area contributed by atoms with Crippen molar-refractivity contribution in [1.82, 2.24) is 5.32 Å². The van der Waals surface area contributed by atoms with E-state index in [1.807, 2.05) is 44.1 Å². The molecule has 3 aromatic rings. The molecular formula is C30H30N2O5. The van der Waals surface area contributed by atoms with E-state index in [0.29, 0.717) is 28.7 Å². The molecule has 1 aromatic heterocycles. The van der Waals surface area contributed by atoms with Crippen LogP contribution >= 0.6 is 0 Å². The Morgan fingerprint density at radius 3 is 2.46 bits per heavy atom. The number of nitrogens with one attached hydrogen (secondary N) is 1. The summed E-state index contributed by atoms with van der Waals surface area (Å²) in [6.07, 6.45) is 2.25. The maximum atomic E-state index is 13.7. The first-order valence-electron chi connectivity index (χ1n) is 12.3. The van der Waals surface area contributed by atoms with Crippen LogP contribution in [0.3, 0.4) is 0 Å². The number of benzene rings is 2. The lowest BCUT2D eigenvalue weighted by Gasteiger charge is -2.36. The highest BCUT2D eigenvalue weighted by Gasteiger charge is 2.42. The lowest BCUT2D eigenvalue weighted by Crippen LogP contribution is -2.37. The van der Waals surface area contributed by atoms with E-state index in [9.17, 15) is 14.4 Å². The number of ether oxygens (including phenoxy) is 1. The maximum absolute atomic E-state index is 13.7. The lowest BCUT2D eigenvalue weighted by molar-refractivity contribution is -0.136. The number of fused-ring (bicyclic) bond motifs is 1. The highest BCUT2D eigenvalue weighted by atomic mass is 16.5. The summed E-state index contributed by atoms with van der Waals surface area (Å²) in [5, 5.41) is 3.72. The Morgan fingerprint density at radius 1 is 1.05 bits per heavy atom. The molecule has 0 saturated carbocycles. The Hall–Kier alpha value is -4.13. The maximum Gasteiger partial charge on any atom is 0.336 e. The molecule has 2 aliphatic rings. The quantitative estimate of drug-likeness (QED) is 0.522. The van der Waals surface area contributed by atoms with Crippen LogP contribution in [0, 0.1) is 6.92 Å².